The molecule has 0 spiro atoms. The topological polar surface area (TPSA) is 76.8 Å². The summed E-state index contributed by atoms with van der Waals surface area (Å²) < 4.78 is 12.6. The standard InChI is InChI=1S/C26H17BrClNO5/c27-20-14-16(28)13-19-21(30)24(22(34-23(19)20)15-7-2-1-3-8-15)33-12-6-11-29-25(31)17-9-4-5-10-18(17)26(29)32/h1-5,7-10,13-14H,6,11-12H2. The van der Waals surface area contributed by atoms with Gasteiger partial charge in [-0.3, -0.25) is 19.3 Å². The predicted octanol–water partition coefficient (Wildman–Crippen LogP) is 5.94. The van der Waals surface area contributed by atoms with Crippen molar-refractivity contribution in [2.75, 3.05) is 13.2 Å². The molecule has 0 aliphatic carbocycles. The summed E-state index contributed by atoms with van der Waals surface area (Å²) in [6, 6.07) is 19.1. The van der Waals surface area contributed by atoms with Crippen LogP contribution in [0.5, 0.6) is 5.75 Å². The van der Waals surface area contributed by atoms with E-state index in [0.717, 1.165) is 0 Å². The van der Waals surface area contributed by atoms with Crippen LogP contribution in [-0.2, 0) is 0 Å². The quantitative estimate of drug-likeness (QED) is 0.224. The maximum Gasteiger partial charge on any atom is 0.261 e. The largest absolute Gasteiger partial charge is 0.486 e. The Balaban J connectivity index is 1.41. The zero-order valence-electron chi connectivity index (χ0n) is 17.7. The van der Waals surface area contributed by atoms with Crippen molar-refractivity contribution >= 4 is 50.3 Å². The zero-order chi connectivity index (χ0) is 23.8. The van der Waals surface area contributed by atoms with Crippen molar-refractivity contribution in [2.45, 2.75) is 6.42 Å². The first kappa shape index (κ1) is 22.4. The van der Waals surface area contributed by atoms with Crippen LogP contribution >= 0.6 is 27.5 Å². The Labute approximate surface area is 207 Å². The van der Waals surface area contributed by atoms with Gasteiger partial charge in [0.05, 0.1) is 27.6 Å². The molecule has 1 aliphatic heterocycles. The molecule has 3 aromatic carbocycles. The molecule has 0 N–H and O–H groups in total. The maximum atomic E-state index is 13.3. The molecule has 0 atom stereocenters. The van der Waals surface area contributed by atoms with Crippen molar-refractivity contribution in [1.29, 1.82) is 0 Å². The lowest BCUT2D eigenvalue weighted by molar-refractivity contribution is 0.0646. The number of benzene rings is 3. The van der Waals surface area contributed by atoms with Gasteiger partial charge in [0.2, 0.25) is 11.2 Å². The van der Waals surface area contributed by atoms with Gasteiger partial charge in [-0.1, -0.05) is 54.1 Å². The highest BCUT2D eigenvalue weighted by atomic mass is 79.9. The van der Waals surface area contributed by atoms with Crippen LogP contribution in [0, 0.1) is 0 Å². The van der Waals surface area contributed by atoms with Crippen LogP contribution in [0.1, 0.15) is 27.1 Å². The summed E-state index contributed by atoms with van der Waals surface area (Å²) >= 11 is 9.56. The molecular weight excluding hydrogens is 522 g/mol. The number of nitrogens with zero attached hydrogens (tertiary/aromatic N) is 1. The number of hydrogen-bond donors (Lipinski definition) is 0. The Hall–Kier alpha value is -3.42. The highest BCUT2D eigenvalue weighted by Gasteiger charge is 2.34. The molecule has 0 unspecified atom stereocenters. The minimum Gasteiger partial charge on any atom is -0.486 e. The second kappa shape index (κ2) is 9.08. The third kappa shape index (κ3) is 3.91. The Morgan fingerprint density at radius 3 is 2.24 bits per heavy atom. The Morgan fingerprint density at radius 1 is 0.912 bits per heavy atom. The Bertz CT molecular complexity index is 1460. The molecule has 34 heavy (non-hydrogen) atoms. The number of ether oxygens (including phenoxy) is 1. The number of hydrogen-bond acceptors (Lipinski definition) is 5. The first-order valence-electron chi connectivity index (χ1n) is 10.5. The molecule has 1 aliphatic rings. The van der Waals surface area contributed by atoms with Gasteiger partial charge >= 0.3 is 0 Å². The molecule has 0 bridgehead atoms. The second-order valence-electron chi connectivity index (χ2n) is 7.73. The van der Waals surface area contributed by atoms with E-state index in [9.17, 15) is 14.4 Å². The van der Waals surface area contributed by atoms with Crippen molar-refractivity contribution in [1.82, 2.24) is 4.90 Å². The van der Waals surface area contributed by atoms with Crippen molar-refractivity contribution in [2.24, 2.45) is 0 Å². The molecule has 0 saturated carbocycles. The van der Waals surface area contributed by atoms with E-state index < -0.39 is 0 Å². The fourth-order valence-electron chi connectivity index (χ4n) is 3.96. The van der Waals surface area contributed by atoms with E-state index in [1.54, 1.807) is 30.3 Å². The molecule has 2 amide bonds. The van der Waals surface area contributed by atoms with Gasteiger partial charge in [0.25, 0.3) is 11.8 Å². The smallest absolute Gasteiger partial charge is 0.261 e. The van der Waals surface area contributed by atoms with Crippen LogP contribution < -0.4 is 10.2 Å². The lowest BCUT2D eigenvalue weighted by atomic mass is 10.1. The average molecular weight is 539 g/mol. The zero-order valence-corrected chi connectivity index (χ0v) is 20.1. The van der Waals surface area contributed by atoms with Crippen molar-refractivity contribution in [3.8, 4) is 17.1 Å². The second-order valence-corrected chi connectivity index (χ2v) is 9.02. The number of amides is 2. The third-order valence-corrected chi connectivity index (χ3v) is 6.36. The summed E-state index contributed by atoms with van der Waals surface area (Å²) in [5.74, 6) is -0.303. The summed E-state index contributed by atoms with van der Waals surface area (Å²) in [5.41, 5.74) is 1.49. The van der Waals surface area contributed by atoms with Crippen LogP contribution in [0.2, 0.25) is 5.02 Å². The minimum absolute atomic E-state index is 0.0511. The summed E-state index contributed by atoms with van der Waals surface area (Å²) in [5, 5.41) is 0.671. The Kier molecular flexibility index (Phi) is 5.98. The van der Waals surface area contributed by atoms with E-state index in [4.69, 9.17) is 20.8 Å². The third-order valence-electron chi connectivity index (χ3n) is 5.56. The van der Waals surface area contributed by atoms with E-state index in [1.807, 2.05) is 30.3 Å². The molecular formula is C26H17BrClNO5. The summed E-state index contributed by atoms with van der Waals surface area (Å²) in [6.07, 6.45) is 0.344. The summed E-state index contributed by atoms with van der Waals surface area (Å²) in [7, 11) is 0. The van der Waals surface area contributed by atoms with Crippen LogP contribution in [-0.4, -0.2) is 29.9 Å². The van der Waals surface area contributed by atoms with Crippen LogP contribution in [0.4, 0.5) is 0 Å². The van der Waals surface area contributed by atoms with E-state index in [0.29, 0.717) is 43.9 Å². The number of fused-ring (bicyclic) bond motifs is 2. The number of carbonyl (C=O) groups excluding carboxylic acids is 2. The SMILES string of the molecule is O=C1c2ccccc2C(=O)N1CCCOc1c(-c2ccccc2)oc2c(Br)cc(Cl)cc2c1=O. The van der Waals surface area contributed by atoms with Gasteiger partial charge in [-0.25, -0.2) is 0 Å². The molecule has 0 fully saturated rings. The highest BCUT2D eigenvalue weighted by Crippen LogP contribution is 2.35. The summed E-state index contributed by atoms with van der Waals surface area (Å²) in [6.45, 7) is 0.272. The first-order valence-corrected chi connectivity index (χ1v) is 11.7. The fourth-order valence-corrected chi connectivity index (χ4v) is 4.85. The van der Waals surface area contributed by atoms with Gasteiger partial charge in [0, 0.05) is 17.1 Å². The number of halogens is 2. The monoisotopic (exact) mass is 537 g/mol. The van der Waals surface area contributed by atoms with Gasteiger partial charge in [-0.2, -0.15) is 0 Å². The van der Waals surface area contributed by atoms with Gasteiger partial charge in [0.1, 0.15) is 0 Å². The van der Waals surface area contributed by atoms with Gasteiger partial charge < -0.3 is 9.15 Å². The molecule has 4 aromatic rings. The normalized spacial score (nSPS) is 12.9. The van der Waals surface area contributed by atoms with E-state index in [1.165, 1.54) is 11.0 Å². The molecule has 0 radical (unpaired) electrons. The van der Waals surface area contributed by atoms with Gasteiger partial charge in [-0.15, -0.1) is 0 Å². The minimum atomic E-state index is -0.357. The summed E-state index contributed by atoms with van der Waals surface area (Å²) in [4.78, 5) is 39.7. The number of rotatable bonds is 6. The molecule has 170 valence electrons. The van der Waals surface area contributed by atoms with Crippen molar-refractivity contribution < 1.29 is 18.7 Å². The van der Waals surface area contributed by atoms with Crippen molar-refractivity contribution in [3.63, 3.8) is 0 Å². The molecule has 0 saturated heterocycles. The van der Waals surface area contributed by atoms with Crippen LogP contribution in [0.25, 0.3) is 22.3 Å². The van der Waals surface area contributed by atoms with Crippen LogP contribution in [0.15, 0.2) is 80.4 Å². The Morgan fingerprint density at radius 2 is 1.56 bits per heavy atom. The van der Waals surface area contributed by atoms with E-state index in [-0.39, 0.29) is 41.5 Å². The van der Waals surface area contributed by atoms with E-state index >= 15 is 0 Å². The number of imide groups is 1. The van der Waals surface area contributed by atoms with E-state index in [2.05, 4.69) is 15.9 Å². The van der Waals surface area contributed by atoms with Gasteiger partial charge in [0.15, 0.2) is 11.3 Å². The highest BCUT2D eigenvalue weighted by molar-refractivity contribution is 9.10. The predicted molar refractivity (Wildman–Crippen MR) is 133 cm³/mol. The van der Waals surface area contributed by atoms with Gasteiger partial charge in [-0.05, 0) is 46.6 Å². The molecule has 6 nitrogen and oxygen atoms in total. The lowest BCUT2D eigenvalue weighted by Gasteiger charge is -2.15. The fraction of sp³-hybridized carbons (Fsp3) is 0.115. The first-order chi connectivity index (χ1) is 16.5. The molecule has 2 heterocycles. The van der Waals surface area contributed by atoms with Crippen LogP contribution in [0.3, 0.4) is 0 Å². The molecule has 5 rings (SSSR count). The number of carbonyl (C=O) groups is 2. The molecule has 1 aromatic heterocycles. The maximum absolute atomic E-state index is 13.3. The molecule has 8 heteroatoms. The average Bonchev–Trinajstić information content (AvgIpc) is 3.08. The lowest BCUT2D eigenvalue weighted by Crippen LogP contribution is -2.31. The van der Waals surface area contributed by atoms with Crippen molar-refractivity contribution in [3.05, 3.63) is 97.6 Å².